The number of hydrogen-bond donors (Lipinski definition) is 1. The highest BCUT2D eigenvalue weighted by Crippen LogP contribution is 1.95. The molecule has 0 bridgehead atoms. The SMILES string of the molecule is C/C=C\C=C/C(C)NC(=O)SC. The Hall–Kier alpha value is -0.700. The zero-order valence-electron chi connectivity index (χ0n) is 7.70. The summed E-state index contributed by atoms with van der Waals surface area (Å²) >= 11 is 1.19. The fourth-order valence-corrected chi connectivity index (χ4v) is 0.939. The molecule has 0 rings (SSSR count). The van der Waals surface area contributed by atoms with Crippen molar-refractivity contribution in [2.45, 2.75) is 19.9 Å². The van der Waals surface area contributed by atoms with Crippen LogP contribution in [0, 0.1) is 0 Å². The molecule has 2 nitrogen and oxygen atoms in total. The third-order valence-corrected chi connectivity index (χ3v) is 1.72. The van der Waals surface area contributed by atoms with Gasteiger partial charge in [0.15, 0.2) is 0 Å². The minimum absolute atomic E-state index is 0.00706. The van der Waals surface area contributed by atoms with E-state index in [9.17, 15) is 4.79 Å². The summed E-state index contributed by atoms with van der Waals surface area (Å²) in [5.74, 6) is 0. The number of hydrogen-bond acceptors (Lipinski definition) is 2. The molecule has 0 heterocycles. The zero-order valence-corrected chi connectivity index (χ0v) is 8.52. The van der Waals surface area contributed by atoms with Gasteiger partial charge in [0.25, 0.3) is 5.24 Å². The van der Waals surface area contributed by atoms with E-state index in [0.29, 0.717) is 0 Å². The number of carbonyl (C=O) groups is 1. The summed E-state index contributed by atoms with van der Waals surface area (Å²) in [6.07, 6.45) is 9.50. The second kappa shape index (κ2) is 6.98. The van der Waals surface area contributed by atoms with Crippen LogP contribution in [0.3, 0.4) is 0 Å². The fourth-order valence-electron chi connectivity index (χ4n) is 0.635. The Kier molecular flexibility index (Phi) is 6.57. The van der Waals surface area contributed by atoms with E-state index in [1.165, 1.54) is 11.8 Å². The first-order chi connectivity index (χ1) is 5.70. The summed E-state index contributed by atoms with van der Waals surface area (Å²) in [4.78, 5) is 10.9. The summed E-state index contributed by atoms with van der Waals surface area (Å²) in [5.41, 5.74) is 0. The lowest BCUT2D eigenvalue weighted by Gasteiger charge is -2.06. The maximum Gasteiger partial charge on any atom is 0.279 e. The Morgan fingerprint density at radius 2 is 2.17 bits per heavy atom. The number of carbonyl (C=O) groups excluding carboxylic acids is 1. The lowest BCUT2D eigenvalue weighted by Crippen LogP contribution is -2.27. The molecule has 0 aromatic rings. The van der Waals surface area contributed by atoms with Crippen molar-refractivity contribution in [3.63, 3.8) is 0 Å². The smallest absolute Gasteiger partial charge is 0.279 e. The molecule has 0 saturated heterocycles. The average Bonchev–Trinajstić information content (AvgIpc) is 2.05. The molecule has 0 saturated carbocycles. The van der Waals surface area contributed by atoms with Crippen LogP contribution in [0.1, 0.15) is 13.8 Å². The van der Waals surface area contributed by atoms with E-state index in [2.05, 4.69) is 5.32 Å². The van der Waals surface area contributed by atoms with E-state index in [1.807, 2.05) is 38.2 Å². The van der Waals surface area contributed by atoms with E-state index in [-0.39, 0.29) is 11.3 Å². The second-order valence-corrected chi connectivity index (χ2v) is 3.11. The standard InChI is InChI=1S/C9H15NOS/c1-4-5-6-7-8(2)10-9(11)12-3/h4-8H,1-3H3,(H,10,11)/b5-4-,7-6-. The second-order valence-electron chi connectivity index (χ2n) is 2.34. The van der Waals surface area contributed by atoms with Crippen molar-refractivity contribution in [3.05, 3.63) is 24.3 Å². The molecule has 0 aromatic heterocycles. The molecule has 68 valence electrons. The number of nitrogens with one attached hydrogen (secondary N) is 1. The molecule has 1 amide bonds. The molecular weight excluding hydrogens is 170 g/mol. The van der Waals surface area contributed by atoms with Gasteiger partial charge in [-0.2, -0.15) is 0 Å². The molecular formula is C9H15NOS. The zero-order chi connectivity index (χ0) is 9.40. The molecule has 1 atom stereocenters. The predicted octanol–water partition coefficient (Wildman–Crippen LogP) is 2.58. The molecule has 1 unspecified atom stereocenters. The van der Waals surface area contributed by atoms with Crippen LogP contribution in [0.15, 0.2) is 24.3 Å². The van der Waals surface area contributed by atoms with Crippen molar-refractivity contribution in [2.24, 2.45) is 0 Å². The lowest BCUT2D eigenvalue weighted by atomic mass is 10.3. The van der Waals surface area contributed by atoms with Gasteiger partial charge in [0, 0.05) is 6.04 Å². The minimum Gasteiger partial charge on any atom is -0.341 e. The Morgan fingerprint density at radius 1 is 1.50 bits per heavy atom. The van der Waals surface area contributed by atoms with E-state index < -0.39 is 0 Å². The number of amides is 1. The minimum atomic E-state index is 0.00706. The van der Waals surface area contributed by atoms with Gasteiger partial charge in [-0.3, -0.25) is 4.79 Å². The van der Waals surface area contributed by atoms with Crippen molar-refractivity contribution in [1.82, 2.24) is 5.32 Å². The van der Waals surface area contributed by atoms with Crippen molar-refractivity contribution >= 4 is 17.0 Å². The molecule has 0 aliphatic heterocycles. The van der Waals surface area contributed by atoms with Crippen LogP contribution in [-0.2, 0) is 0 Å². The van der Waals surface area contributed by atoms with Gasteiger partial charge in [0.05, 0.1) is 0 Å². The Labute approximate surface area is 78.1 Å². The molecule has 12 heavy (non-hydrogen) atoms. The lowest BCUT2D eigenvalue weighted by molar-refractivity contribution is 0.259. The molecule has 0 aliphatic rings. The van der Waals surface area contributed by atoms with Gasteiger partial charge in [0.2, 0.25) is 0 Å². The van der Waals surface area contributed by atoms with E-state index in [0.717, 1.165) is 0 Å². The highest BCUT2D eigenvalue weighted by atomic mass is 32.2. The Balaban J connectivity index is 3.72. The van der Waals surface area contributed by atoms with Gasteiger partial charge in [-0.05, 0) is 20.1 Å². The fraction of sp³-hybridized carbons (Fsp3) is 0.444. The number of thioether (sulfide) groups is 1. The monoisotopic (exact) mass is 185 g/mol. The molecule has 0 aliphatic carbocycles. The van der Waals surface area contributed by atoms with E-state index in [1.54, 1.807) is 6.26 Å². The van der Waals surface area contributed by atoms with Crippen LogP contribution in [-0.4, -0.2) is 17.5 Å². The topological polar surface area (TPSA) is 29.1 Å². The van der Waals surface area contributed by atoms with E-state index >= 15 is 0 Å². The normalized spacial score (nSPS) is 13.9. The van der Waals surface area contributed by atoms with Gasteiger partial charge in [-0.25, -0.2) is 0 Å². The molecule has 0 aromatic carbocycles. The first-order valence-electron chi connectivity index (χ1n) is 3.84. The maximum atomic E-state index is 10.9. The Morgan fingerprint density at radius 3 is 2.67 bits per heavy atom. The summed E-state index contributed by atoms with van der Waals surface area (Å²) in [7, 11) is 0. The van der Waals surface area contributed by atoms with Crippen LogP contribution in [0.2, 0.25) is 0 Å². The molecule has 1 N–H and O–H groups in total. The Bertz CT molecular complexity index is 187. The maximum absolute atomic E-state index is 10.9. The van der Waals surface area contributed by atoms with Crippen molar-refractivity contribution < 1.29 is 4.79 Å². The summed E-state index contributed by atoms with van der Waals surface area (Å²) in [6, 6.07) is 0.0983. The van der Waals surface area contributed by atoms with Crippen LogP contribution in [0.25, 0.3) is 0 Å². The summed E-state index contributed by atoms with van der Waals surface area (Å²) in [5, 5.41) is 2.80. The van der Waals surface area contributed by atoms with Crippen LogP contribution in [0.4, 0.5) is 4.79 Å². The highest BCUT2D eigenvalue weighted by molar-refractivity contribution is 8.12. The van der Waals surface area contributed by atoms with Gasteiger partial charge < -0.3 is 5.32 Å². The number of allylic oxidation sites excluding steroid dienone is 3. The quantitative estimate of drug-likeness (QED) is 0.685. The highest BCUT2D eigenvalue weighted by Gasteiger charge is 2.00. The van der Waals surface area contributed by atoms with Gasteiger partial charge >= 0.3 is 0 Å². The first-order valence-corrected chi connectivity index (χ1v) is 5.07. The summed E-state index contributed by atoms with van der Waals surface area (Å²) < 4.78 is 0. The van der Waals surface area contributed by atoms with Crippen molar-refractivity contribution in [2.75, 3.05) is 6.26 Å². The van der Waals surface area contributed by atoms with Crippen LogP contribution >= 0.6 is 11.8 Å². The third kappa shape index (κ3) is 6.04. The molecule has 3 heteroatoms. The summed E-state index contributed by atoms with van der Waals surface area (Å²) in [6.45, 7) is 3.89. The van der Waals surface area contributed by atoms with Crippen molar-refractivity contribution in [3.8, 4) is 0 Å². The van der Waals surface area contributed by atoms with Gasteiger partial charge in [0.1, 0.15) is 0 Å². The largest absolute Gasteiger partial charge is 0.341 e. The molecule has 0 spiro atoms. The van der Waals surface area contributed by atoms with Crippen LogP contribution in [0.5, 0.6) is 0 Å². The van der Waals surface area contributed by atoms with Gasteiger partial charge in [-0.1, -0.05) is 36.1 Å². The molecule has 0 radical (unpaired) electrons. The molecule has 0 fully saturated rings. The van der Waals surface area contributed by atoms with Gasteiger partial charge in [-0.15, -0.1) is 0 Å². The predicted molar refractivity (Wildman–Crippen MR) is 55.5 cm³/mol. The first kappa shape index (κ1) is 11.3. The average molecular weight is 185 g/mol. The number of rotatable bonds is 3. The third-order valence-electron chi connectivity index (χ3n) is 1.23. The van der Waals surface area contributed by atoms with E-state index in [4.69, 9.17) is 0 Å². The van der Waals surface area contributed by atoms with Crippen molar-refractivity contribution in [1.29, 1.82) is 0 Å². The van der Waals surface area contributed by atoms with Crippen LogP contribution < -0.4 is 5.32 Å².